The lowest BCUT2D eigenvalue weighted by Gasteiger charge is -2.15. The molecule has 2 amide bonds. The molecule has 0 bridgehead atoms. The van der Waals surface area contributed by atoms with E-state index in [1.54, 1.807) is 13.8 Å². The summed E-state index contributed by atoms with van der Waals surface area (Å²) in [7, 11) is 0. The number of amides is 2. The summed E-state index contributed by atoms with van der Waals surface area (Å²) in [5, 5.41) is 0. The van der Waals surface area contributed by atoms with E-state index in [0.717, 1.165) is 0 Å². The lowest BCUT2D eigenvalue weighted by atomic mass is 10.2. The SMILES string of the molecule is C#CCOc1c(Br)ccc(N2C(=O)OC(=C(C)C)C2=O)c1F. The van der Waals surface area contributed by atoms with Gasteiger partial charge < -0.3 is 9.47 Å². The molecule has 1 aromatic rings. The predicted octanol–water partition coefficient (Wildman–Crippen LogP) is 3.38. The highest BCUT2D eigenvalue weighted by atomic mass is 79.9. The van der Waals surface area contributed by atoms with E-state index in [-0.39, 0.29) is 23.8 Å². The van der Waals surface area contributed by atoms with Gasteiger partial charge in [0.1, 0.15) is 6.61 Å². The predicted molar refractivity (Wildman–Crippen MR) is 80.8 cm³/mol. The summed E-state index contributed by atoms with van der Waals surface area (Å²) in [6, 6.07) is 2.72. The Hall–Kier alpha value is -2.33. The number of nitrogens with zero attached hydrogens (tertiary/aromatic N) is 1. The van der Waals surface area contributed by atoms with Crippen LogP contribution in [0.3, 0.4) is 0 Å². The van der Waals surface area contributed by atoms with Gasteiger partial charge in [-0.15, -0.1) is 6.42 Å². The summed E-state index contributed by atoms with van der Waals surface area (Å²) >= 11 is 3.12. The summed E-state index contributed by atoms with van der Waals surface area (Å²) < 4.78 is 24.8. The summed E-state index contributed by atoms with van der Waals surface area (Å²) in [6.07, 6.45) is 4.11. The first-order valence-electron chi connectivity index (χ1n) is 6.16. The van der Waals surface area contributed by atoms with E-state index in [9.17, 15) is 14.0 Å². The molecule has 0 atom stereocenters. The highest BCUT2D eigenvalue weighted by molar-refractivity contribution is 9.10. The number of cyclic esters (lactones) is 1. The molecule has 1 aliphatic heterocycles. The van der Waals surface area contributed by atoms with Crippen molar-refractivity contribution in [3.8, 4) is 18.1 Å². The fourth-order valence-electron chi connectivity index (χ4n) is 1.83. The second-order valence-electron chi connectivity index (χ2n) is 4.54. The van der Waals surface area contributed by atoms with Crippen LogP contribution in [0.15, 0.2) is 27.9 Å². The fourth-order valence-corrected chi connectivity index (χ4v) is 2.25. The van der Waals surface area contributed by atoms with Crippen molar-refractivity contribution in [3.63, 3.8) is 0 Å². The molecule has 1 fully saturated rings. The van der Waals surface area contributed by atoms with Crippen LogP contribution in [0.2, 0.25) is 0 Å². The van der Waals surface area contributed by atoms with Crippen molar-refractivity contribution in [3.05, 3.63) is 33.8 Å². The van der Waals surface area contributed by atoms with Crippen molar-refractivity contribution in [2.24, 2.45) is 0 Å². The number of hydrogen-bond donors (Lipinski definition) is 0. The third kappa shape index (κ3) is 2.70. The molecule has 2 rings (SSSR count). The topological polar surface area (TPSA) is 55.8 Å². The number of terminal acetylenes is 1. The minimum absolute atomic E-state index is 0.113. The third-order valence-electron chi connectivity index (χ3n) is 2.79. The van der Waals surface area contributed by atoms with Gasteiger partial charge in [-0.05, 0) is 47.5 Å². The maximum atomic E-state index is 14.5. The van der Waals surface area contributed by atoms with Gasteiger partial charge in [-0.1, -0.05) is 5.92 Å². The van der Waals surface area contributed by atoms with Crippen LogP contribution in [-0.2, 0) is 9.53 Å². The molecule has 114 valence electrons. The van der Waals surface area contributed by atoms with Crippen LogP contribution >= 0.6 is 15.9 Å². The first-order chi connectivity index (χ1) is 10.4. The maximum absolute atomic E-state index is 14.5. The van der Waals surface area contributed by atoms with E-state index in [2.05, 4.69) is 21.9 Å². The zero-order chi connectivity index (χ0) is 16.4. The van der Waals surface area contributed by atoms with Gasteiger partial charge in [0, 0.05) is 0 Å². The van der Waals surface area contributed by atoms with Gasteiger partial charge in [-0.3, -0.25) is 4.79 Å². The standard InChI is InChI=1S/C15H11BrFNO4/c1-4-7-21-13-9(16)5-6-10(11(13)17)18-14(19)12(8(2)3)22-15(18)20/h1,5-6H,7H2,2-3H3. The number of allylic oxidation sites excluding steroid dienone is 1. The van der Waals surface area contributed by atoms with Crippen molar-refractivity contribution in [2.45, 2.75) is 13.8 Å². The second kappa shape index (κ2) is 6.20. The Kier molecular flexibility index (Phi) is 4.52. The lowest BCUT2D eigenvalue weighted by molar-refractivity contribution is -0.114. The van der Waals surface area contributed by atoms with E-state index in [0.29, 0.717) is 14.9 Å². The Morgan fingerprint density at radius 3 is 2.68 bits per heavy atom. The van der Waals surface area contributed by atoms with Gasteiger partial charge in [0.2, 0.25) is 0 Å². The van der Waals surface area contributed by atoms with E-state index in [4.69, 9.17) is 15.9 Å². The summed E-state index contributed by atoms with van der Waals surface area (Å²) in [5.41, 5.74) is 0.253. The molecule has 0 aromatic heterocycles. The molecular weight excluding hydrogens is 357 g/mol. The van der Waals surface area contributed by atoms with Crippen LogP contribution in [0, 0.1) is 18.2 Å². The smallest absolute Gasteiger partial charge is 0.427 e. The molecule has 22 heavy (non-hydrogen) atoms. The van der Waals surface area contributed by atoms with Crippen LogP contribution < -0.4 is 9.64 Å². The van der Waals surface area contributed by atoms with Crippen LogP contribution in [0.5, 0.6) is 5.75 Å². The van der Waals surface area contributed by atoms with Crippen molar-refractivity contribution < 1.29 is 23.5 Å². The summed E-state index contributed by atoms with van der Waals surface area (Å²) in [5.74, 6) is 0.306. The number of imide groups is 1. The Morgan fingerprint density at radius 1 is 1.45 bits per heavy atom. The minimum Gasteiger partial charge on any atom is -0.477 e. The van der Waals surface area contributed by atoms with Crippen molar-refractivity contribution in [1.82, 2.24) is 0 Å². The maximum Gasteiger partial charge on any atom is 0.427 e. The average Bonchev–Trinajstić information content (AvgIpc) is 2.75. The Balaban J connectivity index is 2.50. The molecule has 0 saturated carbocycles. The quantitative estimate of drug-likeness (QED) is 0.606. The minimum atomic E-state index is -0.967. The molecular formula is C15H11BrFNO4. The second-order valence-corrected chi connectivity index (χ2v) is 5.39. The molecule has 0 aliphatic carbocycles. The number of carbonyl (C=O) groups is 2. The zero-order valence-corrected chi connectivity index (χ0v) is 13.4. The van der Waals surface area contributed by atoms with Crippen LogP contribution in [0.25, 0.3) is 0 Å². The molecule has 1 saturated heterocycles. The Morgan fingerprint density at radius 2 is 2.14 bits per heavy atom. The van der Waals surface area contributed by atoms with Crippen molar-refractivity contribution >= 4 is 33.6 Å². The molecule has 0 N–H and O–H groups in total. The van der Waals surface area contributed by atoms with Gasteiger partial charge >= 0.3 is 12.0 Å². The Labute approximate surface area is 134 Å². The largest absolute Gasteiger partial charge is 0.477 e. The first-order valence-corrected chi connectivity index (χ1v) is 6.95. The zero-order valence-electron chi connectivity index (χ0n) is 11.8. The number of ether oxygens (including phenoxy) is 2. The summed E-state index contributed by atoms with van der Waals surface area (Å²) in [6.45, 7) is 3.07. The number of halogens is 2. The number of hydrogen-bond acceptors (Lipinski definition) is 4. The Bertz CT molecular complexity index is 732. The van der Waals surface area contributed by atoms with Gasteiger partial charge in [0.15, 0.2) is 17.3 Å². The van der Waals surface area contributed by atoms with Gasteiger partial charge in [0.25, 0.3) is 0 Å². The molecule has 1 aromatic carbocycles. The van der Waals surface area contributed by atoms with E-state index in [1.165, 1.54) is 12.1 Å². The molecule has 1 heterocycles. The summed E-state index contributed by atoms with van der Waals surface area (Å²) in [4.78, 5) is 24.7. The highest BCUT2D eigenvalue weighted by Crippen LogP contribution is 2.37. The van der Waals surface area contributed by atoms with Crippen LogP contribution in [-0.4, -0.2) is 18.6 Å². The molecule has 5 nitrogen and oxygen atoms in total. The van der Waals surface area contributed by atoms with Crippen molar-refractivity contribution in [2.75, 3.05) is 11.5 Å². The molecule has 7 heteroatoms. The van der Waals surface area contributed by atoms with Gasteiger partial charge in [-0.2, -0.15) is 0 Å². The number of carbonyl (C=O) groups excluding carboxylic acids is 2. The van der Waals surface area contributed by atoms with Crippen LogP contribution in [0.4, 0.5) is 14.9 Å². The van der Waals surface area contributed by atoms with E-state index < -0.39 is 17.8 Å². The molecule has 0 unspecified atom stereocenters. The number of benzene rings is 1. The third-order valence-corrected chi connectivity index (χ3v) is 3.42. The number of rotatable bonds is 3. The lowest BCUT2D eigenvalue weighted by Crippen LogP contribution is -2.29. The normalized spacial score (nSPS) is 14.0. The van der Waals surface area contributed by atoms with Gasteiger partial charge in [-0.25, -0.2) is 14.1 Å². The first kappa shape index (κ1) is 16.0. The fraction of sp³-hybridized carbons (Fsp3) is 0.200. The van der Waals surface area contributed by atoms with Crippen molar-refractivity contribution in [1.29, 1.82) is 0 Å². The van der Waals surface area contributed by atoms with E-state index >= 15 is 0 Å². The van der Waals surface area contributed by atoms with Gasteiger partial charge in [0.05, 0.1) is 10.2 Å². The van der Waals surface area contributed by atoms with E-state index in [1.807, 2.05) is 0 Å². The van der Waals surface area contributed by atoms with Crippen LogP contribution in [0.1, 0.15) is 13.8 Å². The molecule has 0 spiro atoms. The monoisotopic (exact) mass is 367 g/mol. The average molecular weight is 368 g/mol. The number of anilines is 1. The highest BCUT2D eigenvalue weighted by Gasteiger charge is 2.40. The molecule has 0 radical (unpaired) electrons. The molecule has 1 aliphatic rings.